The van der Waals surface area contributed by atoms with Crippen LogP contribution in [0.1, 0.15) is 18.4 Å². The third kappa shape index (κ3) is 3.67. The predicted octanol–water partition coefficient (Wildman–Crippen LogP) is 2.72. The van der Waals surface area contributed by atoms with Gasteiger partial charge < -0.3 is 5.32 Å². The van der Waals surface area contributed by atoms with Crippen LogP contribution in [0.15, 0.2) is 18.3 Å². The van der Waals surface area contributed by atoms with Crippen LogP contribution >= 0.6 is 23.4 Å². The molecule has 0 bridgehead atoms. The molecule has 1 aromatic heterocycles. The van der Waals surface area contributed by atoms with Gasteiger partial charge in [-0.15, -0.1) is 0 Å². The predicted molar refractivity (Wildman–Crippen MR) is 66.4 cm³/mol. The molecule has 0 aromatic carbocycles. The van der Waals surface area contributed by atoms with Crippen molar-refractivity contribution in [3.8, 4) is 0 Å². The van der Waals surface area contributed by atoms with Crippen molar-refractivity contribution < 1.29 is 0 Å². The average Bonchev–Trinajstić information content (AvgIpc) is 2.74. The van der Waals surface area contributed by atoms with Crippen LogP contribution in [0.3, 0.4) is 0 Å². The molecule has 1 fully saturated rings. The van der Waals surface area contributed by atoms with Crippen molar-refractivity contribution in [2.45, 2.75) is 24.6 Å². The Balaban J connectivity index is 1.71. The summed E-state index contributed by atoms with van der Waals surface area (Å²) in [5.41, 5.74) is 1.25. The highest BCUT2D eigenvalue weighted by atomic mass is 35.5. The standard InChI is InChI=1S/C11H15ClN2S/c12-11-4-3-9(6-14-11)7-15-8-10-2-1-5-13-10/h3-4,6,10,13H,1-2,5,7-8H2. The normalized spacial score (nSPS) is 20.7. The first-order valence-corrected chi connectivity index (χ1v) is 6.79. The van der Waals surface area contributed by atoms with E-state index in [4.69, 9.17) is 11.6 Å². The van der Waals surface area contributed by atoms with Crippen molar-refractivity contribution in [3.05, 3.63) is 29.0 Å². The molecule has 0 amide bonds. The highest BCUT2D eigenvalue weighted by Crippen LogP contribution is 2.17. The average molecular weight is 243 g/mol. The van der Waals surface area contributed by atoms with E-state index in [1.165, 1.54) is 30.7 Å². The van der Waals surface area contributed by atoms with Crippen LogP contribution in [0.5, 0.6) is 0 Å². The second-order valence-electron chi connectivity index (χ2n) is 3.80. The van der Waals surface area contributed by atoms with Gasteiger partial charge >= 0.3 is 0 Å². The fourth-order valence-corrected chi connectivity index (χ4v) is 2.91. The van der Waals surface area contributed by atoms with Gasteiger partial charge in [-0.3, -0.25) is 0 Å². The minimum atomic E-state index is 0.571. The molecule has 1 N–H and O–H groups in total. The van der Waals surface area contributed by atoms with Crippen LogP contribution in [-0.4, -0.2) is 23.3 Å². The minimum absolute atomic E-state index is 0.571. The zero-order valence-corrected chi connectivity index (χ0v) is 10.2. The zero-order valence-electron chi connectivity index (χ0n) is 8.58. The molecule has 1 saturated heterocycles. The van der Waals surface area contributed by atoms with E-state index < -0.39 is 0 Å². The lowest BCUT2D eigenvalue weighted by atomic mass is 10.3. The summed E-state index contributed by atoms with van der Waals surface area (Å²) in [6.07, 6.45) is 4.51. The summed E-state index contributed by atoms with van der Waals surface area (Å²) < 4.78 is 0. The van der Waals surface area contributed by atoms with Crippen molar-refractivity contribution in [2.75, 3.05) is 12.3 Å². The molecule has 2 nitrogen and oxygen atoms in total. The molecule has 82 valence electrons. The Morgan fingerprint density at radius 3 is 3.13 bits per heavy atom. The summed E-state index contributed by atoms with van der Waals surface area (Å²) in [6.45, 7) is 1.19. The quantitative estimate of drug-likeness (QED) is 0.822. The summed E-state index contributed by atoms with van der Waals surface area (Å²) in [7, 11) is 0. The number of nitrogens with one attached hydrogen (secondary N) is 1. The largest absolute Gasteiger partial charge is 0.313 e. The van der Waals surface area contributed by atoms with E-state index in [0.717, 1.165) is 11.8 Å². The van der Waals surface area contributed by atoms with Crippen molar-refractivity contribution in [3.63, 3.8) is 0 Å². The van der Waals surface area contributed by atoms with Crippen LogP contribution < -0.4 is 5.32 Å². The molecular weight excluding hydrogens is 228 g/mol. The van der Waals surface area contributed by atoms with Gasteiger partial charge in [-0.2, -0.15) is 11.8 Å². The fraction of sp³-hybridized carbons (Fsp3) is 0.545. The highest BCUT2D eigenvalue weighted by Gasteiger charge is 2.13. The monoisotopic (exact) mass is 242 g/mol. The molecule has 1 aromatic rings. The molecule has 0 aliphatic carbocycles. The van der Waals surface area contributed by atoms with Gasteiger partial charge in [0.2, 0.25) is 0 Å². The van der Waals surface area contributed by atoms with Crippen LogP contribution in [0.4, 0.5) is 0 Å². The van der Waals surface area contributed by atoms with Gasteiger partial charge in [0.05, 0.1) is 0 Å². The second kappa shape index (κ2) is 5.73. The Morgan fingerprint density at radius 1 is 1.53 bits per heavy atom. The van der Waals surface area contributed by atoms with Gasteiger partial charge in [-0.05, 0) is 31.0 Å². The molecule has 2 rings (SSSR count). The number of halogens is 1. The molecular formula is C11H15ClN2S. The van der Waals surface area contributed by atoms with Gasteiger partial charge in [0, 0.05) is 23.7 Å². The molecule has 1 aliphatic heterocycles. The Morgan fingerprint density at radius 2 is 2.47 bits per heavy atom. The number of rotatable bonds is 4. The van der Waals surface area contributed by atoms with Crippen LogP contribution in [-0.2, 0) is 5.75 Å². The lowest BCUT2D eigenvalue weighted by Gasteiger charge is -2.08. The summed E-state index contributed by atoms with van der Waals surface area (Å²) >= 11 is 7.69. The lowest BCUT2D eigenvalue weighted by Crippen LogP contribution is -2.23. The number of nitrogens with zero attached hydrogens (tertiary/aromatic N) is 1. The van der Waals surface area contributed by atoms with Crippen molar-refractivity contribution >= 4 is 23.4 Å². The van der Waals surface area contributed by atoms with Gasteiger partial charge in [0.1, 0.15) is 5.15 Å². The van der Waals surface area contributed by atoms with Crippen LogP contribution in [0, 0.1) is 0 Å². The highest BCUT2D eigenvalue weighted by molar-refractivity contribution is 7.98. The molecule has 15 heavy (non-hydrogen) atoms. The molecule has 2 heterocycles. The number of aromatic nitrogens is 1. The topological polar surface area (TPSA) is 24.9 Å². The molecule has 0 spiro atoms. The van der Waals surface area contributed by atoms with E-state index in [-0.39, 0.29) is 0 Å². The summed E-state index contributed by atoms with van der Waals surface area (Å²) in [5.74, 6) is 2.23. The third-order valence-corrected chi connectivity index (χ3v) is 3.94. The first-order valence-electron chi connectivity index (χ1n) is 5.26. The smallest absolute Gasteiger partial charge is 0.129 e. The lowest BCUT2D eigenvalue weighted by molar-refractivity contribution is 0.674. The Bertz CT molecular complexity index is 296. The molecule has 1 unspecified atom stereocenters. The zero-order chi connectivity index (χ0) is 10.5. The molecule has 4 heteroatoms. The van der Waals surface area contributed by atoms with Crippen molar-refractivity contribution in [1.82, 2.24) is 10.3 Å². The van der Waals surface area contributed by atoms with Crippen LogP contribution in [0.25, 0.3) is 0 Å². The number of hydrogen-bond donors (Lipinski definition) is 1. The summed E-state index contributed by atoms with van der Waals surface area (Å²) in [5, 5.41) is 4.06. The second-order valence-corrected chi connectivity index (χ2v) is 5.22. The number of thioether (sulfide) groups is 1. The molecule has 1 atom stereocenters. The Labute approximate surface area is 99.8 Å². The van der Waals surface area contributed by atoms with Gasteiger partial charge in [0.25, 0.3) is 0 Å². The van der Waals surface area contributed by atoms with Gasteiger partial charge in [-0.1, -0.05) is 17.7 Å². The number of hydrogen-bond acceptors (Lipinski definition) is 3. The molecule has 0 saturated carbocycles. The SMILES string of the molecule is Clc1ccc(CSCC2CCCN2)cn1. The molecule has 1 aliphatic rings. The molecule has 0 radical (unpaired) electrons. The summed E-state index contributed by atoms with van der Waals surface area (Å²) in [4.78, 5) is 4.07. The summed E-state index contributed by atoms with van der Waals surface area (Å²) in [6, 6.07) is 4.62. The van der Waals surface area contributed by atoms with Crippen molar-refractivity contribution in [2.24, 2.45) is 0 Å². The van der Waals surface area contributed by atoms with Gasteiger partial charge in [0.15, 0.2) is 0 Å². The third-order valence-electron chi connectivity index (χ3n) is 2.54. The van der Waals surface area contributed by atoms with E-state index in [9.17, 15) is 0 Å². The first kappa shape index (κ1) is 11.2. The van der Waals surface area contributed by atoms with E-state index in [0.29, 0.717) is 5.15 Å². The maximum atomic E-state index is 5.72. The van der Waals surface area contributed by atoms with E-state index in [1.54, 1.807) is 0 Å². The van der Waals surface area contributed by atoms with E-state index >= 15 is 0 Å². The number of pyridine rings is 1. The minimum Gasteiger partial charge on any atom is -0.313 e. The maximum Gasteiger partial charge on any atom is 0.129 e. The maximum absolute atomic E-state index is 5.72. The van der Waals surface area contributed by atoms with Crippen molar-refractivity contribution in [1.29, 1.82) is 0 Å². The Kier molecular flexibility index (Phi) is 4.29. The first-order chi connectivity index (χ1) is 7.34. The Hall–Kier alpha value is -0.250. The fourth-order valence-electron chi connectivity index (χ4n) is 1.71. The van der Waals surface area contributed by atoms with E-state index in [1.807, 2.05) is 30.1 Å². The van der Waals surface area contributed by atoms with Crippen LogP contribution in [0.2, 0.25) is 5.15 Å². The van der Waals surface area contributed by atoms with E-state index in [2.05, 4.69) is 10.3 Å². The van der Waals surface area contributed by atoms with Gasteiger partial charge in [-0.25, -0.2) is 4.98 Å².